The number of aryl methyl sites for hydroxylation is 2. The molecule has 0 aliphatic heterocycles. The summed E-state index contributed by atoms with van der Waals surface area (Å²) in [6, 6.07) is 2.67. The van der Waals surface area contributed by atoms with E-state index < -0.39 is 0 Å². The predicted octanol–water partition coefficient (Wildman–Crippen LogP) is 3.07. The van der Waals surface area contributed by atoms with E-state index in [-0.39, 0.29) is 12.4 Å². The van der Waals surface area contributed by atoms with E-state index in [2.05, 4.69) is 39.4 Å². The highest BCUT2D eigenvalue weighted by atomic mass is 35.5. The van der Waals surface area contributed by atoms with Crippen LogP contribution < -0.4 is 5.32 Å². The number of hydrogen-bond acceptors (Lipinski definition) is 3. The highest BCUT2D eigenvalue weighted by molar-refractivity contribution is 5.85. The number of halogens is 1. The van der Waals surface area contributed by atoms with E-state index in [0.717, 1.165) is 18.1 Å². The van der Waals surface area contributed by atoms with Crippen LogP contribution in [0.4, 0.5) is 5.82 Å². The van der Waals surface area contributed by atoms with Gasteiger partial charge in [0.1, 0.15) is 5.82 Å². The summed E-state index contributed by atoms with van der Waals surface area (Å²) in [5.41, 5.74) is 2.37. The van der Waals surface area contributed by atoms with Crippen LogP contribution in [0.25, 0.3) is 0 Å². The maximum absolute atomic E-state index is 4.48. The molecule has 2 aromatic rings. The normalized spacial score (nSPS) is 15.3. The molecule has 0 aromatic carbocycles. The van der Waals surface area contributed by atoms with Crippen molar-refractivity contribution in [1.29, 1.82) is 0 Å². The van der Waals surface area contributed by atoms with Crippen LogP contribution in [0.3, 0.4) is 0 Å². The first-order chi connectivity index (χ1) is 9.22. The van der Waals surface area contributed by atoms with Crippen LogP contribution in [0.5, 0.6) is 0 Å². The van der Waals surface area contributed by atoms with Gasteiger partial charge in [0.15, 0.2) is 0 Å². The average Bonchev–Trinajstić information content (AvgIpc) is 3.09. The van der Waals surface area contributed by atoms with E-state index in [4.69, 9.17) is 0 Å². The molecular formula is C14H22ClN5. The SMILES string of the molecule is Cc1cc(NCc2cnn(C3CCCC3)c2)nn1C.Cl. The fraction of sp³-hybridized carbons (Fsp3) is 0.571. The summed E-state index contributed by atoms with van der Waals surface area (Å²) in [5.74, 6) is 0.925. The van der Waals surface area contributed by atoms with E-state index in [9.17, 15) is 0 Å². The number of aromatic nitrogens is 4. The first-order valence-corrected chi connectivity index (χ1v) is 7.00. The number of hydrogen-bond donors (Lipinski definition) is 1. The van der Waals surface area contributed by atoms with Crippen molar-refractivity contribution in [3.05, 3.63) is 29.7 Å². The Labute approximate surface area is 125 Å². The van der Waals surface area contributed by atoms with Gasteiger partial charge in [-0.2, -0.15) is 10.2 Å². The monoisotopic (exact) mass is 295 g/mol. The number of nitrogens with zero attached hydrogens (tertiary/aromatic N) is 4. The Bertz CT molecular complexity index is 534. The lowest BCUT2D eigenvalue weighted by molar-refractivity contribution is 0.466. The van der Waals surface area contributed by atoms with Gasteiger partial charge in [0, 0.05) is 37.1 Å². The van der Waals surface area contributed by atoms with E-state index in [1.165, 1.54) is 31.2 Å². The molecule has 0 bridgehead atoms. The standard InChI is InChI=1S/C14H21N5.ClH/c1-11-7-14(17-18(11)2)15-8-12-9-16-19(10-12)13-5-3-4-6-13;/h7,9-10,13H,3-6,8H2,1-2H3,(H,15,17);1H. The van der Waals surface area contributed by atoms with Gasteiger partial charge in [0.2, 0.25) is 0 Å². The summed E-state index contributed by atoms with van der Waals surface area (Å²) >= 11 is 0. The zero-order valence-electron chi connectivity index (χ0n) is 12.0. The first kappa shape index (κ1) is 14.9. The van der Waals surface area contributed by atoms with E-state index >= 15 is 0 Å². The van der Waals surface area contributed by atoms with Crippen LogP contribution in [0.2, 0.25) is 0 Å². The third-order valence-corrected chi connectivity index (χ3v) is 3.94. The molecule has 1 aliphatic carbocycles. The molecule has 20 heavy (non-hydrogen) atoms. The van der Waals surface area contributed by atoms with Gasteiger partial charge in [-0.1, -0.05) is 12.8 Å². The lowest BCUT2D eigenvalue weighted by atomic mass is 10.2. The van der Waals surface area contributed by atoms with Gasteiger partial charge in [-0.3, -0.25) is 9.36 Å². The second kappa shape index (κ2) is 6.31. The minimum atomic E-state index is 0. The first-order valence-electron chi connectivity index (χ1n) is 7.00. The van der Waals surface area contributed by atoms with Gasteiger partial charge < -0.3 is 5.32 Å². The summed E-state index contributed by atoms with van der Waals surface area (Å²) in [4.78, 5) is 0. The van der Waals surface area contributed by atoms with E-state index in [1.807, 2.05) is 17.9 Å². The molecule has 1 N–H and O–H groups in total. The van der Waals surface area contributed by atoms with Crippen LogP contribution in [-0.2, 0) is 13.6 Å². The van der Waals surface area contributed by atoms with Gasteiger partial charge in [0.05, 0.1) is 12.2 Å². The maximum Gasteiger partial charge on any atom is 0.148 e. The van der Waals surface area contributed by atoms with Crippen LogP contribution in [0.1, 0.15) is 43.0 Å². The smallest absolute Gasteiger partial charge is 0.148 e. The summed E-state index contributed by atoms with van der Waals surface area (Å²) < 4.78 is 4.01. The highest BCUT2D eigenvalue weighted by Crippen LogP contribution is 2.28. The Morgan fingerprint density at radius 3 is 2.75 bits per heavy atom. The van der Waals surface area contributed by atoms with Crippen molar-refractivity contribution in [2.45, 2.75) is 45.2 Å². The van der Waals surface area contributed by atoms with Crippen molar-refractivity contribution >= 4 is 18.2 Å². The molecule has 2 heterocycles. The molecule has 6 heteroatoms. The van der Waals surface area contributed by atoms with Gasteiger partial charge in [-0.15, -0.1) is 12.4 Å². The molecule has 0 atom stereocenters. The van der Waals surface area contributed by atoms with Crippen molar-refractivity contribution in [1.82, 2.24) is 19.6 Å². The summed E-state index contributed by atoms with van der Waals surface area (Å²) in [6.45, 7) is 2.83. The Kier molecular flexibility index (Phi) is 4.70. The fourth-order valence-corrected chi connectivity index (χ4v) is 2.68. The lowest BCUT2D eigenvalue weighted by Gasteiger charge is -2.08. The van der Waals surface area contributed by atoms with Gasteiger partial charge in [0.25, 0.3) is 0 Å². The summed E-state index contributed by atoms with van der Waals surface area (Å²) in [6.07, 6.45) is 9.35. The van der Waals surface area contributed by atoms with Crippen LogP contribution >= 0.6 is 12.4 Å². The lowest BCUT2D eigenvalue weighted by Crippen LogP contribution is -2.05. The summed E-state index contributed by atoms with van der Waals surface area (Å²) in [7, 11) is 1.96. The summed E-state index contributed by atoms with van der Waals surface area (Å²) in [5, 5.41) is 12.2. The minimum Gasteiger partial charge on any atom is -0.364 e. The highest BCUT2D eigenvalue weighted by Gasteiger charge is 2.17. The second-order valence-corrected chi connectivity index (χ2v) is 5.41. The number of nitrogens with one attached hydrogen (secondary N) is 1. The Morgan fingerprint density at radius 1 is 1.35 bits per heavy atom. The molecule has 1 saturated carbocycles. The molecule has 3 rings (SSSR count). The Hall–Kier alpha value is -1.49. The Morgan fingerprint density at radius 2 is 2.10 bits per heavy atom. The molecule has 2 aromatic heterocycles. The van der Waals surface area contributed by atoms with Gasteiger partial charge in [-0.25, -0.2) is 0 Å². The third-order valence-electron chi connectivity index (χ3n) is 3.94. The van der Waals surface area contributed by atoms with E-state index in [0.29, 0.717) is 6.04 Å². The quantitative estimate of drug-likeness (QED) is 0.943. The second-order valence-electron chi connectivity index (χ2n) is 5.41. The number of rotatable bonds is 4. The maximum atomic E-state index is 4.48. The van der Waals surface area contributed by atoms with Gasteiger partial charge >= 0.3 is 0 Å². The van der Waals surface area contributed by atoms with Gasteiger partial charge in [-0.05, 0) is 19.8 Å². The third kappa shape index (κ3) is 3.15. The van der Waals surface area contributed by atoms with Crippen molar-refractivity contribution in [3.8, 4) is 0 Å². The molecule has 5 nitrogen and oxygen atoms in total. The van der Waals surface area contributed by atoms with Crippen LogP contribution in [0, 0.1) is 6.92 Å². The van der Waals surface area contributed by atoms with Crippen molar-refractivity contribution in [2.24, 2.45) is 7.05 Å². The molecule has 0 unspecified atom stereocenters. The molecule has 1 fully saturated rings. The van der Waals surface area contributed by atoms with E-state index in [1.54, 1.807) is 0 Å². The molecule has 0 amide bonds. The molecule has 0 spiro atoms. The molecule has 0 saturated heterocycles. The molecule has 1 aliphatic rings. The predicted molar refractivity (Wildman–Crippen MR) is 82.3 cm³/mol. The fourth-order valence-electron chi connectivity index (χ4n) is 2.68. The largest absolute Gasteiger partial charge is 0.364 e. The molecule has 110 valence electrons. The molecular weight excluding hydrogens is 274 g/mol. The van der Waals surface area contributed by atoms with Crippen molar-refractivity contribution in [3.63, 3.8) is 0 Å². The number of anilines is 1. The van der Waals surface area contributed by atoms with Crippen LogP contribution in [-0.4, -0.2) is 19.6 Å². The average molecular weight is 296 g/mol. The van der Waals surface area contributed by atoms with Crippen molar-refractivity contribution < 1.29 is 0 Å². The zero-order chi connectivity index (χ0) is 13.2. The van der Waals surface area contributed by atoms with Crippen LogP contribution in [0.15, 0.2) is 18.5 Å². The molecule has 0 radical (unpaired) electrons. The topological polar surface area (TPSA) is 47.7 Å². The Balaban J connectivity index is 0.00000147. The minimum absolute atomic E-state index is 0. The zero-order valence-corrected chi connectivity index (χ0v) is 12.9. The van der Waals surface area contributed by atoms with Crippen molar-refractivity contribution in [2.75, 3.05) is 5.32 Å².